The average Bonchev–Trinajstić information content (AvgIpc) is 3.15. The number of nitrogen functional groups attached to an aromatic ring is 1. The van der Waals surface area contributed by atoms with E-state index in [1.807, 2.05) is 18.7 Å². The Kier molecular flexibility index (Phi) is 4.26. The molecule has 0 radical (unpaired) electrons. The third-order valence-electron chi connectivity index (χ3n) is 3.36. The van der Waals surface area contributed by atoms with Crippen molar-refractivity contribution in [1.82, 2.24) is 4.90 Å². The fourth-order valence-electron chi connectivity index (χ4n) is 1.98. The van der Waals surface area contributed by atoms with Crippen molar-refractivity contribution in [2.75, 3.05) is 12.3 Å². The maximum atomic E-state index is 12.5. The summed E-state index contributed by atoms with van der Waals surface area (Å²) in [6.45, 7) is 4.83. The maximum Gasteiger partial charge on any atom is 0.254 e. The van der Waals surface area contributed by atoms with E-state index in [0.29, 0.717) is 27.2 Å². The normalized spacial score (nSPS) is 14.8. The summed E-state index contributed by atoms with van der Waals surface area (Å²) in [7, 11) is 0. The first-order chi connectivity index (χ1) is 8.90. The Labute approximate surface area is 123 Å². The topological polar surface area (TPSA) is 46.3 Å². The van der Waals surface area contributed by atoms with Gasteiger partial charge in [0.25, 0.3) is 5.91 Å². The molecule has 0 atom stereocenters. The van der Waals surface area contributed by atoms with E-state index >= 15 is 0 Å². The molecule has 0 heterocycles. The van der Waals surface area contributed by atoms with Crippen molar-refractivity contribution < 1.29 is 4.79 Å². The molecule has 104 valence electrons. The Hall–Kier alpha value is -0.930. The largest absolute Gasteiger partial charge is 0.396 e. The molecule has 3 nitrogen and oxygen atoms in total. The molecule has 5 heteroatoms. The van der Waals surface area contributed by atoms with Crippen molar-refractivity contribution in [2.45, 2.75) is 32.7 Å². The number of benzene rings is 1. The molecule has 0 spiro atoms. The fourth-order valence-corrected chi connectivity index (χ4v) is 2.47. The summed E-state index contributed by atoms with van der Waals surface area (Å²) in [5, 5.41) is 0.650. The Morgan fingerprint density at radius 2 is 1.89 bits per heavy atom. The minimum absolute atomic E-state index is 0.0364. The van der Waals surface area contributed by atoms with Gasteiger partial charge in [-0.15, -0.1) is 0 Å². The summed E-state index contributed by atoms with van der Waals surface area (Å²) in [5.74, 6) is 0.608. The molecule has 19 heavy (non-hydrogen) atoms. The number of nitrogens with zero attached hydrogens (tertiary/aromatic N) is 1. The van der Waals surface area contributed by atoms with Gasteiger partial charge < -0.3 is 10.6 Å². The molecule has 0 aliphatic heterocycles. The van der Waals surface area contributed by atoms with Gasteiger partial charge in [-0.25, -0.2) is 0 Å². The van der Waals surface area contributed by atoms with Crippen molar-refractivity contribution in [1.29, 1.82) is 0 Å². The molecule has 1 fully saturated rings. The van der Waals surface area contributed by atoms with Crippen LogP contribution in [-0.4, -0.2) is 23.4 Å². The number of hydrogen-bond acceptors (Lipinski definition) is 2. The number of carbonyl (C=O) groups is 1. The first-order valence-electron chi connectivity index (χ1n) is 6.45. The molecular weight excluding hydrogens is 283 g/mol. The van der Waals surface area contributed by atoms with Crippen molar-refractivity contribution >= 4 is 34.8 Å². The van der Waals surface area contributed by atoms with Crippen LogP contribution in [0.1, 0.15) is 37.0 Å². The van der Waals surface area contributed by atoms with E-state index in [9.17, 15) is 4.79 Å². The number of hydrogen-bond donors (Lipinski definition) is 1. The van der Waals surface area contributed by atoms with Crippen LogP contribution in [0.5, 0.6) is 0 Å². The smallest absolute Gasteiger partial charge is 0.254 e. The van der Waals surface area contributed by atoms with Gasteiger partial charge in [0.15, 0.2) is 0 Å². The summed E-state index contributed by atoms with van der Waals surface area (Å²) in [5.41, 5.74) is 6.51. The standard InChI is InChI=1S/C14H18Cl2N2O/c1-8(2)18(7-9-3-4-9)14(19)10-5-11(15)13(17)12(16)6-10/h5-6,8-9H,3-4,7,17H2,1-2H3. The molecule has 2 N–H and O–H groups in total. The van der Waals surface area contributed by atoms with E-state index in [0.717, 1.165) is 6.54 Å². The lowest BCUT2D eigenvalue weighted by Gasteiger charge is -2.27. The highest BCUT2D eigenvalue weighted by molar-refractivity contribution is 6.39. The highest BCUT2D eigenvalue weighted by Crippen LogP contribution is 2.32. The Bertz CT molecular complexity index is 475. The van der Waals surface area contributed by atoms with Crippen LogP contribution >= 0.6 is 23.2 Å². The van der Waals surface area contributed by atoms with Crippen LogP contribution < -0.4 is 5.73 Å². The van der Waals surface area contributed by atoms with Crippen molar-refractivity contribution in [3.63, 3.8) is 0 Å². The third kappa shape index (κ3) is 3.34. The average molecular weight is 301 g/mol. The van der Waals surface area contributed by atoms with Crippen LogP contribution in [0.4, 0.5) is 5.69 Å². The Morgan fingerprint density at radius 3 is 2.32 bits per heavy atom. The molecule has 1 aliphatic carbocycles. The van der Waals surface area contributed by atoms with E-state index < -0.39 is 0 Å². The second kappa shape index (κ2) is 5.59. The summed E-state index contributed by atoms with van der Waals surface area (Å²) in [6.07, 6.45) is 2.42. The Morgan fingerprint density at radius 1 is 1.37 bits per heavy atom. The molecule has 2 rings (SSSR count). The molecule has 1 saturated carbocycles. The highest BCUT2D eigenvalue weighted by atomic mass is 35.5. The first kappa shape index (κ1) is 14.5. The number of carbonyl (C=O) groups excluding carboxylic acids is 1. The van der Waals surface area contributed by atoms with Gasteiger partial charge in [-0.1, -0.05) is 23.2 Å². The van der Waals surface area contributed by atoms with Crippen LogP contribution in [-0.2, 0) is 0 Å². The molecule has 1 aromatic carbocycles. The second-order valence-electron chi connectivity index (χ2n) is 5.35. The van der Waals surface area contributed by atoms with Crippen molar-refractivity contribution in [2.24, 2.45) is 5.92 Å². The Balaban J connectivity index is 2.25. The molecule has 0 unspecified atom stereocenters. The lowest BCUT2D eigenvalue weighted by molar-refractivity contribution is 0.0696. The van der Waals surface area contributed by atoms with Crippen LogP contribution in [0.2, 0.25) is 10.0 Å². The van der Waals surface area contributed by atoms with Crippen LogP contribution in [0.15, 0.2) is 12.1 Å². The fraction of sp³-hybridized carbons (Fsp3) is 0.500. The van der Waals surface area contributed by atoms with Crippen LogP contribution in [0.25, 0.3) is 0 Å². The zero-order valence-electron chi connectivity index (χ0n) is 11.1. The van der Waals surface area contributed by atoms with Gasteiger partial charge in [0.05, 0.1) is 15.7 Å². The van der Waals surface area contributed by atoms with Crippen LogP contribution in [0, 0.1) is 5.92 Å². The lowest BCUT2D eigenvalue weighted by atomic mass is 10.1. The maximum absolute atomic E-state index is 12.5. The zero-order chi connectivity index (χ0) is 14.2. The number of anilines is 1. The monoisotopic (exact) mass is 300 g/mol. The molecule has 1 aliphatic rings. The van der Waals surface area contributed by atoms with E-state index in [2.05, 4.69) is 0 Å². The van der Waals surface area contributed by atoms with E-state index in [1.54, 1.807) is 12.1 Å². The summed E-state index contributed by atoms with van der Waals surface area (Å²) < 4.78 is 0. The summed E-state index contributed by atoms with van der Waals surface area (Å²) >= 11 is 12.0. The predicted octanol–water partition coefficient (Wildman–Crippen LogP) is 3.84. The van der Waals surface area contributed by atoms with Gasteiger partial charge >= 0.3 is 0 Å². The molecular formula is C14H18Cl2N2O. The van der Waals surface area contributed by atoms with Gasteiger partial charge in [0.2, 0.25) is 0 Å². The van der Waals surface area contributed by atoms with Gasteiger partial charge in [-0.3, -0.25) is 4.79 Å². The molecule has 0 bridgehead atoms. The second-order valence-corrected chi connectivity index (χ2v) is 6.16. The number of rotatable bonds is 4. The summed E-state index contributed by atoms with van der Waals surface area (Å²) in [6, 6.07) is 3.34. The van der Waals surface area contributed by atoms with E-state index in [1.165, 1.54) is 12.8 Å². The molecule has 0 saturated heterocycles. The van der Waals surface area contributed by atoms with Gasteiger partial charge in [0.1, 0.15) is 0 Å². The summed E-state index contributed by atoms with van der Waals surface area (Å²) in [4.78, 5) is 14.4. The van der Waals surface area contributed by atoms with Gasteiger partial charge in [0, 0.05) is 18.2 Å². The third-order valence-corrected chi connectivity index (χ3v) is 3.99. The number of halogens is 2. The molecule has 1 aromatic rings. The lowest BCUT2D eigenvalue weighted by Crippen LogP contribution is -2.38. The highest BCUT2D eigenvalue weighted by Gasteiger charge is 2.29. The zero-order valence-corrected chi connectivity index (χ0v) is 12.6. The van der Waals surface area contributed by atoms with Crippen molar-refractivity contribution in [3.8, 4) is 0 Å². The number of nitrogens with two attached hydrogens (primary N) is 1. The van der Waals surface area contributed by atoms with E-state index in [-0.39, 0.29) is 11.9 Å². The predicted molar refractivity (Wildman–Crippen MR) is 79.8 cm³/mol. The van der Waals surface area contributed by atoms with E-state index in [4.69, 9.17) is 28.9 Å². The quantitative estimate of drug-likeness (QED) is 0.859. The minimum atomic E-state index is -0.0364. The van der Waals surface area contributed by atoms with Gasteiger partial charge in [-0.05, 0) is 44.7 Å². The first-order valence-corrected chi connectivity index (χ1v) is 7.21. The van der Waals surface area contributed by atoms with Crippen molar-refractivity contribution in [3.05, 3.63) is 27.7 Å². The van der Waals surface area contributed by atoms with Crippen LogP contribution in [0.3, 0.4) is 0 Å². The SMILES string of the molecule is CC(C)N(CC1CC1)C(=O)c1cc(Cl)c(N)c(Cl)c1. The minimum Gasteiger partial charge on any atom is -0.396 e. The molecule has 1 amide bonds. The van der Waals surface area contributed by atoms with Gasteiger partial charge in [-0.2, -0.15) is 0 Å². The number of amides is 1. The molecule has 0 aromatic heterocycles.